The third-order valence-corrected chi connectivity index (χ3v) is 6.39. The Labute approximate surface area is 98.0 Å². The molecule has 1 nitrogen and oxygen atoms in total. The third-order valence-electron chi connectivity index (χ3n) is 2.99. The molecule has 1 saturated heterocycles. The van der Waals surface area contributed by atoms with E-state index in [0.29, 0.717) is 12.2 Å². The van der Waals surface area contributed by atoms with Crippen LogP contribution in [-0.4, -0.2) is 17.3 Å². The third kappa shape index (κ3) is 1.36. The van der Waals surface area contributed by atoms with Crippen molar-refractivity contribution in [3.63, 3.8) is 0 Å². The van der Waals surface area contributed by atoms with Crippen LogP contribution in [0.3, 0.4) is 0 Å². The van der Waals surface area contributed by atoms with Crippen molar-refractivity contribution in [2.75, 3.05) is 11.5 Å². The average Bonchev–Trinajstić information content (AvgIpc) is 2.55. The summed E-state index contributed by atoms with van der Waals surface area (Å²) in [7, 11) is 0. The molecule has 0 saturated carbocycles. The number of ketones is 1. The first-order chi connectivity index (χ1) is 7.33. The predicted molar refractivity (Wildman–Crippen MR) is 66.4 cm³/mol. The Bertz CT molecular complexity index is 408. The molecule has 0 atom stereocenters. The fraction of sp³-hybridized carbons (Fsp3) is 0.417. The molecule has 0 bridgehead atoms. The van der Waals surface area contributed by atoms with Gasteiger partial charge in [0, 0.05) is 6.42 Å². The smallest absolute Gasteiger partial charge is 0.167 e. The topological polar surface area (TPSA) is 17.1 Å². The van der Waals surface area contributed by atoms with E-state index in [1.54, 1.807) is 0 Å². The van der Waals surface area contributed by atoms with Crippen molar-refractivity contribution < 1.29 is 4.79 Å². The van der Waals surface area contributed by atoms with E-state index in [2.05, 4.69) is 18.2 Å². The number of rotatable bonds is 0. The van der Waals surface area contributed by atoms with Crippen molar-refractivity contribution in [2.24, 2.45) is 0 Å². The van der Waals surface area contributed by atoms with Crippen molar-refractivity contribution in [3.8, 4) is 0 Å². The van der Waals surface area contributed by atoms with E-state index in [1.807, 2.05) is 29.6 Å². The van der Waals surface area contributed by atoms with Gasteiger partial charge in [0.15, 0.2) is 5.78 Å². The second kappa shape index (κ2) is 3.56. The van der Waals surface area contributed by atoms with E-state index >= 15 is 0 Å². The number of thioether (sulfide) groups is 2. The Kier molecular flexibility index (Phi) is 2.33. The van der Waals surface area contributed by atoms with Crippen LogP contribution in [0.15, 0.2) is 24.3 Å². The van der Waals surface area contributed by atoms with Gasteiger partial charge < -0.3 is 0 Å². The summed E-state index contributed by atoms with van der Waals surface area (Å²) in [6.45, 7) is 0. The van der Waals surface area contributed by atoms with Crippen LogP contribution in [0.1, 0.15) is 17.5 Å². The fourth-order valence-electron chi connectivity index (χ4n) is 2.28. The molecule has 1 aliphatic heterocycles. The van der Waals surface area contributed by atoms with Crippen LogP contribution >= 0.6 is 23.5 Å². The Hall–Kier alpha value is -0.410. The van der Waals surface area contributed by atoms with E-state index in [-0.39, 0.29) is 4.08 Å². The minimum absolute atomic E-state index is 0.241. The zero-order chi connectivity index (χ0) is 10.3. The summed E-state index contributed by atoms with van der Waals surface area (Å²) in [5.41, 5.74) is 2.51. The minimum atomic E-state index is -0.241. The van der Waals surface area contributed by atoms with Gasteiger partial charge in [-0.1, -0.05) is 24.3 Å². The molecule has 15 heavy (non-hydrogen) atoms. The first-order valence-corrected chi connectivity index (χ1v) is 7.20. The van der Waals surface area contributed by atoms with Gasteiger partial charge in [-0.3, -0.25) is 4.79 Å². The molecule has 1 heterocycles. The average molecular weight is 236 g/mol. The predicted octanol–water partition coefficient (Wildman–Crippen LogP) is 2.83. The zero-order valence-corrected chi connectivity index (χ0v) is 10.00. The maximum absolute atomic E-state index is 12.2. The molecule has 78 valence electrons. The van der Waals surface area contributed by atoms with Gasteiger partial charge in [0.25, 0.3) is 0 Å². The summed E-state index contributed by atoms with van der Waals surface area (Å²) < 4.78 is -0.241. The van der Waals surface area contributed by atoms with Gasteiger partial charge in [-0.05, 0) is 29.1 Å². The van der Waals surface area contributed by atoms with Gasteiger partial charge in [0.1, 0.15) is 4.08 Å². The van der Waals surface area contributed by atoms with E-state index in [4.69, 9.17) is 0 Å². The molecule has 1 aromatic carbocycles. The normalized spacial score (nSPS) is 23.1. The lowest BCUT2D eigenvalue weighted by Crippen LogP contribution is -2.28. The lowest BCUT2D eigenvalue weighted by Gasteiger charge is -2.31. The highest BCUT2D eigenvalue weighted by Gasteiger charge is 2.48. The lowest BCUT2D eigenvalue weighted by molar-refractivity contribution is -0.118. The number of benzene rings is 1. The molecule has 1 fully saturated rings. The highest BCUT2D eigenvalue weighted by molar-refractivity contribution is 8.19. The molecule has 2 aliphatic rings. The molecular weight excluding hydrogens is 224 g/mol. The largest absolute Gasteiger partial charge is 0.296 e. The molecule has 0 unspecified atom stereocenters. The molecule has 0 N–H and O–H groups in total. The Morgan fingerprint density at radius 1 is 1.13 bits per heavy atom. The summed E-state index contributed by atoms with van der Waals surface area (Å²) in [5, 5.41) is 0. The van der Waals surface area contributed by atoms with Crippen LogP contribution in [0.5, 0.6) is 0 Å². The van der Waals surface area contributed by atoms with Crippen molar-refractivity contribution in [1.82, 2.24) is 0 Å². The van der Waals surface area contributed by atoms with E-state index in [0.717, 1.165) is 11.5 Å². The quantitative estimate of drug-likeness (QED) is 0.689. The van der Waals surface area contributed by atoms with Crippen LogP contribution in [0.2, 0.25) is 0 Å². The van der Waals surface area contributed by atoms with Crippen LogP contribution < -0.4 is 0 Å². The number of hydrogen-bond donors (Lipinski definition) is 0. The number of fused-ring (bicyclic) bond motifs is 2. The number of hydrogen-bond acceptors (Lipinski definition) is 3. The van der Waals surface area contributed by atoms with E-state index in [9.17, 15) is 4.79 Å². The van der Waals surface area contributed by atoms with Gasteiger partial charge in [-0.15, -0.1) is 23.5 Å². The van der Waals surface area contributed by atoms with Crippen LogP contribution in [0, 0.1) is 0 Å². The van der Waals surface area contributed by atoms with Crippen molar-refractivity contribution in [2.45, 2.75) is 16.9 Å². The molecular formula is C12H12OS2. The molecule has 1 aliphatic carbocycles. The molecule has 3 rings (SSSR count). The maximum atomic E-state index is 12.2. The zero-order valence-electron chi connectivity index (χ0n) is 8.36. The molecule has 3 heteroatoms. The Morgan fingerprint density at radius 3 is 2.67 bits per heavy atom. The number of Topliss-reactive ketones (excluding diaryl/α,β-unsaturated/α-hetero) is 1. The highest BCUT2D eigenvalue weighted by Crippen LogP contribution is 2.55. The fourth-order valence-corrected chi connectivity index (χ4v) is 5.63. The van der Waals surface area contributed by atoms with Gasteiger partial charge >= 0.3 is 0 Å². The van der Waals surface area contributed by atoms with Gasteiger partial charge in [0.2, 0.25) is 0 Å². The number of carbonyl (C=O) groups is 1. The SMILES string of the molecule is O=C1Cc2ccccc2C12SCCCS2. The molecule has 1 aromatic rings. The second-order valence-electron chi connectivity index (χ2n) is 3.92. The van der Waals surface area contributed by atoms with E-state index in [1.165, 1.54) is 17.5 Å². The van der Waals surface area contributed by atoms with Crippen LogP contribution in [-0.2, 0) is 15.3 Å². The summed E-state index contributed by atoms with van der Waals surface area (Å²) in [6.07, 6.45) is 1.86. The van der Waals surface area contributed by atoms with Crippen molar-refractivity contribution in [3.05, 3.63) is 35.4 Å². The molecule has 0 aromatic heterocycles. The van der Waals surface area contributed by atoms with Gasteiger partial charge in [-0.25, -0.2) is 0 Å². The van der Waals surface area contributed by atoms with Crippen LogP contribution in [0.25, 0.3) is 0 Å². The van der Waals surface area contributed by atoms with Crippen molar-refractivity contribution >= 4 is 29.3 Å². The van der Waals surface area contributed by atoms with Crippen LogP contribution in [0.4, 0.5) is 0 Å². The standard InChI is InChI=1S/C12H12OS2/c13-11-8-9-4-1-2-5-10(9)12(11)14-6-3-7-15-12/h1-2,4-5H,3,6-8H2. The van der Waals surface area contributed by atoms with Crippen molar-refractivity contribution in [1.29, 1.82) is 0 Å². The summed E-state index contributed by atoms with van der Waals surface area (Å²) in [5.74, 6) is 2.64. The highest BCUT2D eigenvalue weighted by atomic mass is 32.2. The Balaban J connectivity index is 2.11. The first-order valence-electron chi connectivity index (χ1n) is 5.22. The lowest BCUT2D eigenvalue weighted by atomic mass is 10.1. The maximum Gasteiger partial charge on any atom is 0.167 e. The molecule has 1 spiro atoms. The first kappa shape index (κ1) is 9.79. The summed E-state index contributed by atoms with van der Waals surface area (Å²) in [6, 6.07) is 8.31. The number of carbonyl (C=O) groups excluding carboxylic acids is 1. The summed E-state index contributed by atoms with van der Waals surface area (Å²) >= 11 is 3.67. The minimum Gasteiger partial charge on any atom is -0.296 e. The second-order valence-corrected chi connectivity index (χ2v) is 6.80. The van der Waals surface area contributed by atoms with E-state index < -0.39 is 0 Å². The summed E-state index contributed by atoms with van der Waals surface area (Å²) in [4.78, 5) is 12.2. The monoisotopic (exact) mass is 236 g/mol. The van der Waals surface area contributed by atoms with Gasteiger partial charge in [0.05, 0.1) is 0 Å². The molecule has 0 radical (unpaired) electrons. The molecule has 0 amide bonds. The van der Waals surface area contributed by atoms with Gasteiger partial charge in [-0.2, -0.15) is 0 Å². The Morgan fingerprint density at radius 2 is 1.87 bits per heavy atom.